The molecule has 1 aromatic rings. The van der Waals surface area contributed by atoms with Gasteiger partial charge < -0.3 is 15.2 Å². The summed E-state index contributed by atoms with van der Waals surface area (Å²) in [5, 5.41) is 12.4. The molecule has 2 N–H and O–H groups in total. The second kappa shape index (κ2) is 3.55. The zero-order valence-electron chi connectivity index (χ0n) is 8.49. The second-order valence-electron chi connectivity index (χ2n) is 3.81. The number of benzene rings is 1. The van der Waals surface area contributed by atoms with E-state index in [1.165, 1.54) is 0 Å². The van der Waals surface area contributed by atoms with Crippen LogP contribution in [0, 0.1) is 0 Å². The highest BCUT2D eigenvalue weighted by Gasteiger charge is 2.34. The van der Waals surface area contributed by atoms with Gasteiger partial charge in [0.05, 0.1) is 6.54 Å². The van der Waals surface area contributed by atoms with Gasteiger partial charge in [-0.25, -0.2) is 0 Å². The van der Waals surface area contributed by atoms with E-state index in [0.717, 1.165) is 0 Å². The lowest BCUT2D eigenvalue weighted by molar-refractivity contribution is -0.142. The van der Waals surface area contributed by atoms with Crippen LogP contribution in [0.3, 0.4) is 0 Å². The summed E-state index contributed by atoms with van der Waals surface area (Å²) in [6, 6.07) is 7.00. The molecule has 1 aromatic carbocycles. The van der Waals surface area contributed by atoms with Crippen LogP contribution in [0.4, 0.5) is 0 Å². The fourth-order valence-corrected chi connectivity index (χ4v) is 1.69. The van der Waals surface area contributed by atoms with Crippen molar-refractivity contribution in [3.63, 3.8) is 0 Å². The standard InChI is InChI=1S/C11H13NO3/c1-11(7-12-10(14)6-15-11)8-4-2-3-5-9(8)13/h2-5,13H,6-7H2,1H3,(H,12,14). The van der Waals surface area contributed by atoms with Crippen molar-refractivity contribution in [2.45, 2.75) is 12.5 Å². The summed E-state index contributed by atoms with van der Waals surface area (Å²) < 4.78 is 5.47. The number of nitrogens with one attached hydrogen (secondary N) is 1. The molecular weight excluding hydrogens is 194 g/mol. The van der Waals surface area contributed by atoms with E-state index < -0.39 is 5.60 Å². The normalized spacial score (nSPS) is 26.1. The molecule has 1 amide bonds. The molecule has 1 fully saturated rings. The van der Waals surface area contributed by atoms with Crippen LogP contribution >= 0.6 is 0 Å². The highest BCUT2D eigenvalue weighted by molar-refractivity contribution is 5.78. The summed E-state index contributed by atoms with van der Waals surface area (Å²) >= 11 is 0. The van der Waals surface area contributed by atoms with Crippen LogP contribution in [-0.4, -0.2) is 24.2 Å². The van der Waals surface area contributed by atoms with Crippen molar-refractivity contribution in [3.05, 3.63) is 29.8 Å². The van der Waals surface area contributed by atoms with Gasteiger partial charge >= 0.3 is 0 Å². The molecule has 15 heavy (non-hydrogen) atoms. The van der Waals surface area contributed by atoms with E-state index in [1.54, 1.807) is 18.2 Å². The highest BCUT2D eigenvalue weighted by atomic mass is 16.5. The van der Waals surface area contributed by atoms with E-state index in [2.05, 4.69) is 5.32 Å². The minimum absolute atomic E-state index is 0.0326. The first-order valence-corrected chi connectivity index (χ1v) is 4.81. The third-order valence-corrected chi connectivity index (χ3v) is 2.62. The predicted molar refractivity (Wildman–Crippen MR) is 54.4 cm³/mol. The number of aromatic hydroxyl groups is 1. The monoisotopic (exact) mass is 207 g/mol. The van der Waals surface area contributed by atoms with E-state index in [9.17, 15) is 9.90 Å². The number of para-hydroxylation sites is 1. The molecule has 1 atom stereocenters. The Labute approximate surface area is 87.9 Å². The molecule has 0 aliphatic carbocycles. The van der Waals surface area contributed by atoms with Crippen molar-refractivity contribution in [1.82, 2.24) is 5.32 Å². The second-order valence-corrected chi connectivity index (χ2v) is 3.81. The Morgan fingerprint density at radius 3 is 2.80 bits per heavy atom. The largest absolute Gasteiger partial charge is 0.508 e. The molecule has 1 saturated heterocycles. The fraction of sp³-hybridized carbons (Fsp3) is 0.364. The van der Waals surface area contributed by atoms with Crippen molar-refractivity contribution in [1.29, 1.82) is 0 Å². The number of amides is 1. The lowest BCUT2D eigenvalue weighted by Crippen LogP contribution is -2.48. The molecule has 0 saturated carbocycles. The summed E-state index contributed by atoms with van der Waals surface area (Å²) in [6.45, 7) is 2.26. The zero-order chi connectivity index (χ0) is 10.9. The Balaban J connectivity index is 2.30. The van der Waals surface area contributed by atoms with E-state index >= 15 is 0 Å². The van der Waals surface area contributed by atoms with Gasteiger partial charge in [-0.2, -0.15) is 0 Å². The molecule has 1 unspecified atom stereocenters. The van der Waals surface area contributed by atoms with Gasteiger partial charge in [0.15, 0.2) is 0 Å². The Morgan fingerprint density at radius 1 is 1.47 bits per heavy atom. The summed E-state index contributed by atoms with van der Waals surface area (Å²) in [4.78, 5) is 11.0. The fourth-order valence-electron chi connectivity index (χ4n) is 1.69. The van der Waals surface area contributed by atoms with E-state index in [0.29, 0.717) is 12.1 Å². The average molecular weight is 207 g/mol. The number of phenols is 1. The Morgan fingerprint density at radius 2 is 2.20 bits per heavy atom. The van der Waals surface area contributed by atoms with Gasteiger partial charge in [0.1, 0.15) is 18.0 Å². The molecule has 1 heterocycles. The molecule has 4 heteroatoms. The number of carbonyl (C=O) groups excluding carboxylic acids is 1. The first-order valence-electron chi connectivity index (χ1n) is 4.81. The quantitative estimate of drug-likeness (QED) is 0.714. The van der Waals surface area contributed by atoms with Crippen LogP contribution in [0.15, 0.2) is 24.3 Å². The van der Waals surface area contributed by atoms with E-state index in [1.807, 2.05) is 13.0 Å². The first-order chi connectivity index (χ1) is 7.12. The Hall–Kier alpha value is -1.55. The summed E-state index contributed by atoms with van der Waals surface area (Å²) in [7, 11) is 0. The Kier molecular flexibility index (Phi) is 2.36. The molecule has 80 valence electrons. The third-order valence-electron chi connectivity index (χ3n) is 2.62. The van der Waals surface area contributed by atoms with Gasteiger partial charge in [-0.1, -0.05) is 18.2 Å². The molecule has 4 nitrogen and oxygen atoms in total. The average Bonchev–Trinajstić information content (AvgIpc) is 2.23. The SMILES string of the molecule is CC1(c2ccccc2O)CNC(=O)CO1. The summed E-state index contributed by atoms with van der Waals surface area (Å²) in [6.07, 6.45) is 0. The molecule has 0 spiro atoms. The van der Waals surface area contributed by atoms with Gasteiger partial charge in [-0.15, -0.1) is 0 Å². The lowest BCUT2D eigenvalue weighted by atomic mass is 9.93. The lowest BCUT2D eigenvalue weighted by Gasteiger charge is -2.34. The maximum absolute atomic E-state index is 11.0. The predicted octanol–water partition coefficient (Wildman–Crippen LogP) is 0.754. The number of rotatable bonds is 1. The van der Waals surface area contributed by atoms with Crippen molar-refractivity contribution in [2.75, 3.05) is 13.2 Å². The van der Waals surface area contributed by atoms with Crippen molar-refractivity contribution in [3.8, 4) is 5.75 Å². The van der Waals surface area contributed by atoms with Crippen LogP contribution in [0.25, 0.3) is 0 Å². The minimum Gasteiger partial charge on any atom is -0.508 e. The topological polar surface area (TPSA) is 58.6 Å². The van der Waals surface area contributed by atoms with Crippen LogP contribution in [0.1, 0.15) is 12.5 Å². The van der Waals surface area contributed by atoms with Gasteiger partial charge in [0.25, 0.3) is 0 Å². The number of ether oxygens (including phenoxy) is 1. The van der Waals surface area contributed by atoms with E-state index in [4.69, 9.17) is 4.74 Å². The molecule has 1 aliphatic rings. The van der Waals surface area contributed by atoms with Crippen LogP contribution in [0.5, 0.6) is 5.75 Å². The number of hydrogen-bond acceptors (Lipinski definition) is 3. The number of phenolic OH excluding ortho intramolecular Hbond substituents is 1. The number of hydrogen-bond donors (Lipinski definition) is 2. The maximum atomic E-state index is 11.0. The van der Waals surface area contributed by atoms with E-state index in [-0.39, 0.29) is 18.3 Å². The first kappa shape index (κ1) is 9.98. The van der Waals surface area contributed by atoms with Crippen molar-refractivity contribution in [2.24, 2.45) is 0 Å². The summed E-state index contributed by atoms with van der Waals surface area (Å²) in [5.41, 5.74) is 0.0594. The van der Waals surface area contributed by atoms with Crippen LogP contribution in [0.2, 0.25) is 0 Å². The molecule has 1 aliphatic heterocycles. The third kappa shape index (κ3) is 1.80. The van der Waals surface area contributed by atoms with Gasteiger partial charge in [-0.3, -0.25) is 4.79 Å². The van der Waals surface area contributed by atoms with Crippen molar-refractivity contribution < 1.29 is 14.6 Å². The smallest absolute Gasteiger partial charge is 0.246 e. The highest BCUT2D eigenvalue weighted by Crippen LogP contribution is 2.32. The molecular formula is C11H13NO3. The molecule has 0 aromatic heterocycles. The maximum Gasteiger partial charge on any atom is 0.246 e. The molecule has 0 bridgehead atoms. The van der Waals surface area contributed by atoms with Crippen molar-refractivity contribution >= 4 is 5.91 Å². The minimum atomic E-state index is -0.640. The van der Waals surface area contributed by atoms with Gasteiger partial charge in [-0.05, 0) is 13.0 Å². The molecule has 2 rings (SSSR count). The van der Waals surface area contributed by atoms with Crippen LogP contribution in [-0.2, 0) is 15.1 Å². The number of morpholine rings is 1. The molecule has 0 radical (unpaired) electrons. The van der Waals surface area contributed by atoms with Gasteiger partial charge in [0, 0.05) is 5.56 Å². The summed E-state index contributed by atoms with van der Waals surface area (Å²) in [5.74, 6) is 0.0686. The Bertz CT molecular complexity index is 379. The number of carbonyl (C=O) groups is 1. The van der Waals surface area contributed by atoms with Gasteiger partial charge in [0.2, 0.25) is 5.91 Å². The van der Waals surface area contributed by atoms with Crippen LogP contribution < -0.4 is 5.32 Å². The zero-order valence-corrected chi connectivity index (χ0v) is 8.49.